The number of rotatable bonds is 7. The Morgan fingerprint density at radius 1 is 1.30 bits per heavy atom. The number of amides is 1. The zero-order valence-corrected chi connectivity index (χ0v) is 11.4. The maximum Gasteiger partial charge on any atom is 0.305 e. The van der Waals surface area contributed by atoms with Crippen molar-refractivity contribution in [3.05, 3.63) is 29.8 Å². The molecular weight excluding hydrogens is 256 g/mol. The first-order chi connectivity index (χ1) is 9.56. The monoisotopic (exact) mass is 276 g/mol. The highest BCUT2D eigenvalue weighted by molar-refractivity contribution is 5.78. The van der Waals surface area contributed by atoms with Gasteiger partial charge in [-0.25, -0.2) is 0 Å². The van der Waals surface area contributed by atoms with Gasteiger partial charge in [0.1, 0.15) is 0 Å². The molecule has 0 bridgehead atoms. The van der Waals surface area contributed by atoms with Crippen LogP contribution >= 0.6 is 0 Å². The average molecular weight is 276 g/mol. The highest BCUT2D eigenvalue weighted by Crippen LogP contribution is 2.27. The number of nitrogens with zero attached hydrogens (tertiary/aromatic N) is 1. The number of hydrogen-bond donors (Lipinski definition) is 2. The summed E-state index contributed by atoms with van der Waals surface area (Å²) >= 11 is 0. The molecule has 0 spiro atoms. The Labute approximate surface area is 118 Å². The van der Waals surface area contributed by atoms with Crippen molar-refractivity contribution >= 4 is 17.6 Å². The van der Waals surface area contributed by atoms with Crippen molar-refractivity contribution < 1.29 is 14.7 Å². The van der Waals surface area contributed by atoms with Crippen LogP contribution in [-0.4, -0.2) is 34.5 Å². The van der Waals surface area contributed by atoms with Gasteiger partial charge in [0.2, 0.25) is 5.91 Å². The summed E-state index contributed by atoms with van der Waals surface area (Å²) in [5.41, 5.74) is 7.43. The number of nitrogens with two attached hydrogens (primary N) is 1. The molecule has 0 unspecified atom stereocenters. The lowest BCUT2D eigenvalue weighted by atomic mass is 10.1. The van der Waals surface area contributed by atoms with Crippen LogP contribution in [0.4, 0.5) is 5.69 Å². The molecule has 1 aliphatic carbocycles. The second-order valence-electron chi connectivity index (χ2n) is 5.21. The van der Waals surface area contributed by atoms with Gasteiger partial charge < -0.3 is 15.7 Å². The Kier molecular flexibility index (Phi) is 4.61. The molecule has 0 aliphatic heterocycles. The van der Waals surface area contributed by atoms with Crippen LogP contribution in [0.1, 0.15) is 31.2 Å². The SMILES string of the molecule is Nc1cccc(CCC(=O)N(CCC(=O)O)C2CC2)c1. The van der Waals surface area contributed by atoms with E-state index in [2.05, 4.69) is 0 Å². The number of carboxylic acid groups (broad SMARTS) is 1. The molecule has 2 rings (SSSR count). The third-order valence-electron chi connectivity index (χ3n) is 3.45. The lowest BCUT2D eigenvalue weighted by molar-refractivity contribution is -0.138. The standard InChI is InChI=1S/C15H20N2O3/c16-12-3-1-2-11(10-12)4-7-14(18)17(13-5-6-13)9-8-15(19)20/h1-3,10,13H,4-9,16H2,(H,19,20). The van der Waals surface area contributed by atoms with Gasteiger partial charge in [0.15, 0.2) is 0 Å². The van der Waals surface area contributed by atoms with Crippen molar-refractivity contribution in [2.24, 2.45) is 0 Å². The topological polar surface area (TPSA) is 83.6 Å². The minimum atomic E-state index is -0.862. The summed E-state index contributed by atoms with van der Waals surface area (Å²) in [6.45, 7) is 0.315. The maximum absolute atomic E-state index is 12.2. The van der Waals surface area contributed by atoms with Crippen molar-refractivity contribution in [3.8, 4) is 0 Å². The summed E-state index contributed by atoms with van der Waals surface area (Å²) in [5, 5.41) is 8.73. The van der Waals surface area contributed by atoms with E-state index in [0.29, 0.717) is 25.1 Å². The van der Waals surface area contributed by atoms with Crippen molar-refractivity contribution in [3.63, 3.8) is 0 Å². The normalized spacial score (nSPS) is 14.0. The van der Waals surface area contributed by atoms with Gasteiger partial charge in [0.25, 0.3) is 0 Å². The molecule has 108 valence electrons. The molecule has 0 saturated heterocycles. The molecule has 1 aliphatic rings. The Hall–Kier alpha value is -2.04. The summed E-state index contributed by atoms with van der Waals surface area (Å²) in [6, 6.07) is 7.75. The Morgan fingerprint density at radius 2 is 2.05 bits per heavy atom. The molecule has 1 saturated carbocycles. The van der Waals surface area contributed by atoms with Gasteiger partial charge in [-0.3, -0.25) is 9.59 Å². The lowest BCUT2D eigenvalue weighted by Crippen LogP contribution is -2.35. The smallest absolute Gasteiger partial charge is 0.305 e. The Bertz CT molecular complexity index is 498. The van der Waals surface area contributed by atoms with Crippen LogP contribution in [0.25, 0.3) is 0 Å². The summed E-state index contributed by atoms with van der Waals surface area (Å²) in [7, 11) is 0. The minimum absolute atomic E-state index is 0.0144. The fourth-order valence-electron chi connectivity index (χ4n) is 2.26. The third kappa shape index (κ3) is 4.26. The van der Waals surface area contributed by atoms with Crippen molar-refractivity contribution in [1.29, 1.82) is 0 Å². The summed E-state index contributed by atoms with van der Waals surface area (Å²) in [5.74, 6) is -0.824. The number of carbonyl (C=O) groups excluding carboxylic acids is 1. The van der Waals surface area contributed by atoms with Crippen LogP contribution in [0, 0.1) is 0 Å². The molecule has 0 atom stereocenters. The maximum atomic E-state index is 12.2. The van der Waals surface area contributed by atoms with Crippen LogP contribution in [0.5, 0.6) is 0 Å². The van der Waals surface area contributed by atoms with E-state index in [9.17, 15) is 9.59 Å². The highest BCUT2D eigenvalue weighted by atomic mass is 16.4. The first-order valence-corrected chi connectivity index (χ1v) is 6.92. The molecule has 1 amide bonds. The zero-order chi connectivity index (χ0) is 14.5. The van der Waals surface area contributed by atoms with E-state index < -0.39 is 5.97 Å². The molecular formula is C15H20N2O3. The number of carbonyl (C=O) groups is 2. The number of nitrogen functional groups attached to an aromatic ring is 1. The largest absolute Gasteiger partial charge is 0.481 e. The third-order valence-corrected chi connectivity index (χ3v) is 3.45. The number of anilines is 1. The fraction of sp³-hybridized carbons (Fsp3) is 0.467. The van der Waals surface area contributed by atoms with Gasteiger partial charge in [0.05, 0.1) is 6.42 Å². The van der Waals surface area contributed by atoms with Crippen molar-refractivity contribution in [2.45, 2.75) is 38.1 Å². The quantitative estimate of drug-likeness (QED) is 0.742. The summed E-state index contributed by atoms with van der Waals surface area (Å²) in [4.78, 5) is 24.6. The second kappa shape index (κ2) is 6.41. The van der Waals surface area contributed by atoms with E-state index in [1.807, 2.05) is 24.3 Å². The molecule has 5 nitrogen and oxygen atoms in total. The van der Waals surface area contributed by atoms with Gasteiger partial charge >= 0.3 is 5.97 Å². The van der Waals surface area contributed by atoms with Gasteiger partial charge in [-0.05, 0) is 37.0 Å². The van der Waals surface area contributed by atoms with Gasteiger partial charge in [0, 0.05) is 24.7 Å². The molecule has 1 fully saturated rings. The Balaban J connectivity index is 1.86. The molecule has 1 aromatic rings. The van der Waals surface area contributed by atoms with E-state index in [-0.39, 0.29) is 18.4 Å². The van der Waals surface area contributed by atoms with Crippen LogP contribution in [0.3, 0.4) is 0 Å². The Morgan fingerprint density at radius 3 is 2.65 bits per heavy atom. The van der Waals surface area contributed by atoms with E-state index >= 15 is 0 Å². The number of hydrogen-bond acceptors (Lipinski definition) is 3. The van der Waals surface area contributed by atoms with Crippen LogP contribution in [-0.2, 0) is 16.0 Å². The van der Waals surface area contributed by atoms with Gasteiger partial charge in [-0.1, -0.05) is 12.1 Å². The first-order valence-electron chi connectivity index (χ1n) is 6.92. The van der Waals surface area contributed by atoms with Crippen LogP contribution in [0.2, 0.25) is 0 Å². The van der Waals surface area contributed by atoms with E-state index in [1.165, 1.54) is 0 Å². The first kappa shape index (κ1) is 14.4. The lowest BCUT2D eigenvalue weighted by Gasteiger charge is -2.21. The second-order valence-corrected chi connectivity index (χ2v) is 5.21. The molecule has 0 aromatic heterocycles. The molecule has 5 heteroatoms. The van der Waals surface area contributed by atoms with E-state index in [1.54, 1.807) is 4.90 Å². The predicted molar refractivity (Wildman–Crippen MR) is 76.2 cm³/mol. The number of aryl methyl sites for hydroxylation is 1. The van der Waals surface area contributed by atoms with Crippen LogP contribution < -0.4 is 5.73 Å². The van der Waals surface area contributed by atoms with Crippen molar-refractivity contribution in [2.75, 3.05) is 12.3 Å². The number of carboxylic acids is 1. The predicted octanol–water partition coefficient (Wildman–Crippen LogP) is 1.67. The van der Waals surface area contributed by atoms with Crippen LogP contribution in [0.15, 0.2) is 24.3 Å². The summed E-state index contributed by atoms with van der Waals surface area (Å²) in [6.07, 6.45) is 3.04. The van der Waals surface area contributed by atoms with E-state index in [4.69, 9.17) is 10.8 Å². The molecule has 3 N–H and O–H groups in total. The van der Waals surface area contributed by atoms with E-state index in [0.717, 1.165) is 18.4 Å². The summed E-state index contributed by atoms with van der Waals surface area (Å²) < 4.78 is 0. The molecule has 0 radical (unpaired) electrons. The average Bonchev–Trinajstić information content (AvgIpc) is 3.21. The number of aliphatic carboxylic acids is 1. The fourth-order valence-corrected chi connectivity index (χ4v) is 2.26. The highest BCUT2D eigenvalue weighted by Gasteiger charge is 2.32. The zero-order valence-electron chi connectivity index (χ0n) is 11.4. The molecule has 0 heterocycles. The minimum Gasteiger partial charge on any atom is -0.481 e. The molecule has 20 heavy (non-hydrogen) atoms. The van der Waals surface area contributed by atoms with Gasteiger partial charge in [-0.15, -0.1) is 0 Å². The van der Waals surface area contributed by atoms with Crippen molar-refractivity contribution in [1.82, 2.24) is 4.90 Å². The van der Waals surface area contributed by atoms with Gasteiger partial charge in [-0.2, -0.15) is 0 Å². The number of benzene rings is 1. The molecule has 1 aromatic carbocycles.